The molecule has 5 heteroatoms. The predicted octanol–water partition coefficient (Wildman–Crippen LogP) is 1.27. The van der Waals surface area contributed by atoms with Crippen LogP contribution in [0, 0.1) is 6.92 Å². The zero-order valence-electron chi connectivity index (χ0n) is 12.1. The Labute approximate surface area is 123 Å². The summed E-state index contributed by atoms with van der Waals surface area (Å²) in [6.07, 6.45) is 0.913. The Balaban J connectivity index is 2.07. The summed E-state index contributed by atoms with van der Waals surface area (Å²) in [4.78, 5) is 29.6. The number of rotatable bonds is 1. The summed E-state index contributed by atoms with van der Waals surface area (Å²) in [7, 11) is 0. The van der Waals surface area contributed by atoms with Crippen LogP contribution in [-0.2, 0) is 0 Å². The fourth-order valence-electron chi connectivity index (χ4n) is 2.87. The molecular weight excluding hydrogens is 266 g/mol. The molecule has 0 atom stereocenters. The Bertz CT molecular complexity index is 728. The van der Waals surface area contributed by atoms with Crippen LogP contribution >= 0.6 is 0 Å². The number of nitrogens with one attached hydrogen (secondary N) is 2. The van der Waals surface area contributed by atoms with Crippen LogP contribution in [0.5, 0.6) is 0 Å². The zero-order valence-corrected chi connectivity index (χ0v) is 12.1. The van der Waals surface area contributed by atoms with E-state index >= 15 is 0 Å². The normalized spacial score (nSPS) is 16.0. The number of pyridine rings is 1. The minimum atomic E-state index is -0.298. The molecule has 0 radical (unpaired) electrons. The molecule has 21 heavy (non-hydrogen) atoms. The molecule has 110 valence electrons. The van der Waals surface area contributed by atoms with E-state index in [1.807, 2.05) is 31.2 Å². The lowest BCUT2D eigenvalue weighted by Crippen LogP contribution is -2.37. The van der Waals surface area contributed by atoms with Gasteiger partial charge in [-0.1, -0.05) is 18.2 Å². The first-order chi connectivity index (χ1) is 10.2. The van der Waals surface area contributed by atoms with Gasteiger partial charge in [0.05, 0.1) is 0 Å². The SMILES string of the molecule is Cc1c(C(=O)N2CCCNCC2)c(=O)[nH]c2ccccc12. The summed E-state index contributed by atoms with van der Waals surface area (Å²) >= 11 is 0. The van der Waals surface area contributed by atoms with Gasteiger partial charge in [-0.3, -0.25) is 9.59 Å². The summed E-state index contributed by atoms with van der Waals surface area (Å²) in [6, 6.07) is 7.58. The lowest BCUT2D eigenvalue weighted by molar-refractivity contribution is 0.0764. The minimum absolute atomic E-state index is 0.164. The van der Waals surface area contributed by atoms with Gasteiger partial charge in [0.15, 0.2) is 0 Å². The van der Waals surface area contributed by atoms with E-state index in [0.717, 1.165) is 36.0 Å². The second kappa shape index (κ2) is 5.69. The third-order valence-corrected chi connectivity index (χ3v) is 4.02. The highest BCUT2D eigenvalue weighted by Crippen LogP contribution is 2.18. The summed E-state index contributed by atoms with van der Waals surface area (Å²) in [5.74, 6) is -0.164. The Morgan fingerprint density at radius 3 is 2.86 bits per heavy atom. The number of aryl methyl sites for hydroxylation is 1. The number of nitrogens with zero attached hydrogens (tertiary/aromatic N) is 1. The number of amides is 1. The molecule has 1 aliphatic heterocycles. The molecule has 0 saturated carbocycles. The molecule has 1 fully saturated rings. The van der Waals surface area contributed by atoms with Crippen molar-refractivity contribution in [3.63, 3.8) is 0 Å². The van der Waals surface area contributed by atoms with E-state index in [2.05, 4.69) is 10.3 Å². The molecule has 0 spiro atoms. The molecule has 0 unspecified atom stereocenters. The number of benzene rings is 1. The number of aromatic amines is 1. The van der Waals surface area contributed by atoms with Crippen LogP contribution in [0.25, 0.3) is 10.9 Å². The number of hydrogen-bond acceptors (Lipinski definition) is 3. The van der Waals surface area contributed by atoms with E-state index in [1.54, 1.807) is 4.90 Å². The van der Waals surface area contributed by atoms with Crippen molar-refractivity contribution in [1.29, 1.82) is 0 Å². The molecular formula is C16H19N3O2. The molecule has 1 aromatic carbocycles. The molecule has 5 nitrogen and oxygen atoms in total. The van der Waals surface area contributed by atoms with E-state index < -0.39 is 0 Å². The fourth-order valence-corrected chi connectivity index (χ4v) is 2.87. The average molecular weight is 285 g/mol. The van der Waals surface area contributed by atoms with Gasteiger partial charge < -0.3 is 15.2 Å². The topological polar surface area (TPSA) is 65.2 Å². The van der Waals surface area contributed by atoms with Gasteiger partial charge in [-0.2, -0.15) is 0 Å². The van der Waals surface area contributed by atoms with Crippen molar-refractivity contribution < 1.29 is 4.79 Å². The van der Waals surface area contributed by atoms with Gasteiger partial charge in [0.1, 0.15) is 5.56 Å². The predicted molar refractivity (Wildman–Crippen MR) is 82.7 cm³/mol. The van der Waals surface area contributed by atoms with Crippen LogP contribution in [0.2, 0.25) is 0 Å². The Morgan fingerprint density at radius 2 is 2.00 bits per heavy atom. The third-order valence-electron chi connectivity index (χ3n) is 4.02. The lowest BCUT2D eigenvalue weighted by Gasteiger charge is -2.20. The van der Waals surface area contributed by atoms with Crippen molar-refractivity contribution in [1.82, 2.24) is 15.2 Å². The zero-order chi connectivity index (χ0) is 14.8. The van der Waals surface area contributed by atoms with Crippen molar-refractivity contribution >= 4 is 16.8 Å². The summed E-state index contributed by atoms with van der Waals surface area (Å²) in [6.45, 7) is 4.87. The Morgan fingerprint density at radius 1 is 1.19 bits per heavy atom. The van der Waals surface area contributed by atoms with Gasteiger partial charge in [-0.05, 0) is 31.5 Å². The molecule has 2 aromatic rings. The Hall–Kier alpha value is -2.14. The summed E-state index contributed by atoms with van der Waals surface area (Å²) in [5.41, 5.74) is 1.51. The molecule has 3 rings (SSSR count). The number of carbonyl (C=O) groups is 1. The van der Waals surface area contributed by atoms with Gasteiger partial charge in [0, 0.05) is 30.5 Å². The second-order valence-corrected chi connectivity index (χ2v) is 5.40. The van der Waals surface area contributed by atoms with Crippen LogP contribution in [0.3, 0.4) is 0 Å². The fraction of sp³-hybridized carbons (Fsp3) is 0.375. The summed E-state index contributed by atoms with van der Waals surface area (Å²) < 4.78 is 0. The molecule has 1 aliphatic rings. The maximum absolute atomic E-state index is 12.7. The third kappa shape index (κ3) is 2.56. The van der Waals surface area contributed by atoms with Crippen LogP contribution in [0.4, 0.5) is 0 Å². The molecule has 1 saturated heterocycles. The minimum Gasteiger partial charge on any atom is -0.337 e. The smallest absolute Gasteiger partial charge is 0.261 e. The molecule has 0 aliphatic carbocycles. The molecule has 2 N–H and O–H groups in total. The van der Waals surface area contributed by atoms with Gasteiger partial charge in [0.2, 0.25) is 0 Å². The number of fused-ring (bicyclic) bond motifs is 1. The van der Waals surface area contributed by atoms with Crippen molar-refractivity contribution in [2.24, 2.45) is 0 Å². The standard InChI is InChI=1S/C16H19N3O2/c1-11-12-5-2-3-6-13(12)18-15(20)14(11)16(21)19-9-4-7-17-8-10-19/h2-3,5-6,17H,4,7-10H2,1H3,(H,18,20). The quantitative estimate of drug-likeness (QED) is 0.829. The van der Waals surface area contributed by atoms with Crippen LogP contribution in [0.15, 0.2) is 29.1 Å². The van der Waals surface area contributed by atoms with E-state index in [1.165, 1.54) is 0 Å². The van der Waals surface area contributed by atoms with E-state index in [9.17, 15) is 9.59 Å². The highest BCUT2D eigenvalue weighted by Gasteiger charge is 2.22. The highest BCUT2D eigenvalue weighted by atomic mass is 16.2. The number of aromatic nitrogens is 1. The first-order valence-corrected chi connectivity index (χ1v) is 7.30. The van der Waals surface area contributed by atoms with E-state index in [0.29, 0.717) is 13.1 Å². The van der Waals surface area contributed by atoms with Crippen molar-refractivity contribution in [2.45, 2.75) is 13.3 Å². The maximum Gasteiger partial charge on any atom is 0.261 e. The van der Waals surface area contributed by atoms with Crippen LogP contribution in [0.1, 0.15) is 22.3 Å². The largest absolute Gasteiger partial charge is 0.337 e. The molecule has 2 heterocycles. The Kier molecular flexibility index (Phi) is 3.75. The molecule has 0 bridgehead atoms. The molecule has 1 amide bonds. The molecule has 1 aromatic heterocycles. The number of H-pyrrole nitrogens is 1. The number of hydrogen-bond donors (Lipinski definition) is 2. The first-order valence-electron chi connectivity index (χ1n) is 7.30. The highest BCUT2D eigenvalue weighted by molar-refractivity contribution is 5.99. The van der Waals surface area contributed by atoms with E-state index in [4.69, 9.17) is 0 Å². The van der Waals surface area contributed by atoms with E-state index in [-0.39, 0.29) is 17.0 Å². The lowest BCUT2D eigenvalue weighted by atomic mass is 10.0. The van der Waals surface area contributed by atoms with Gasteiger partial charge in [-0.25, -0.2) is 0 Å². The maximum atomic E-state index is 12.7. The van der Waals surface area contributed by atoms with Crippen molar-refractivity contribution in [2.75, 3.05) is 26.2 Å². The first kappa shape index (κ1) is 13.8. The van der Waals surface area contributed by atoms with Crippen LogP contribution < -0.4 is 10.9 Å². The van der Waals surface area contributed by atoms with Gasteiger partial charge >= 0.3 is 0 Å². The second-order valence-electron chi connectivity index (χ2n) is 5.40. The van der Waals surface area contributed by atoms with Gasteiger partial charge in [0.25, 0.3) is 11.5 Å². The van der Waals surface area contributed by atoms with Crippen LogP contribution in [-0.4, -0.2) is 42.0 Å². The van der Waals surface area contributed by atoms with Crippen molar-refractivity contribution in [3.05, 3.63) is 45.7 Å². The van der Waals surface area contributed by atoms with Crippen molar-refractivity contribution in [3.8, 4) is 0 Å². The van der Waals surface area contributed by atoms with Gasteiger partial charge in [-0.15, -0.1) is 0 Å². The summed E-state index contributed by atoms with van der Waals surface area (Å²) in [5, 5.41) is 4.19. The monoisotopic (exact) mass is 285 g/mol. The average Bonchev–Trinajstić information content (AvgIpc) is 2.76. The number of carbonyl (C=O) groups excluding carboxylic acids is 1. The number of para-hydroxylation sites is 1.